The minimum atomic E-state index is -0.214. The van der Waals surface area contributed by atoms with Gasteiger partial charge in [0.2, 0.25) is 0 Å². The van der Waals surface area contributed by atoms with E-state index in [0.29, 0.717) is 16.1 Å². The van der Waals surface area contributed by atoms with Crippen molar-refractivity contribution in [2.24, 2.45) is 0 Å². The summed E-state index contributed by atoms with van der Waals surface area (Å²) in [6.07, 6.45) is 1.63. The summed E-state index contributed by atoms with van der Waals surface area (Å²) in [7, 11) is 0. The van der Waals surface area contributed by atoms with Gasteiger partial charge in [-0.1, -0.05) is 54.6 Å². The predicted octanol–water partition coefficient (Wildman–Crippen LogP) is 5.49. The van der Waals surface area contributed by atoms with Crippen LogP contribution in [0.5, 0.6) is 0 Å². The summed E-state index contributed by atoms with van der Waals surface area (Å²) in [5, 5.41) is 0.690. The first-order chi connectivity index (χ1) is 12.7. The van der Waals surface area contributed by atoms with Crippen LogP contribution in [0.25, 0.3) is 26.0 Å². The van der Waals surface area contributed by atoms with Crippen molar-refractivity contribution in [3.8, 4) is 10.4 Å². The van der Waals surface area contributed by atoms with Crippen molar-refractivity contribution in [1.29, 1.82) is 0 Å². The topological polar surface area (TPSA) is 47.0 Å². The summed E-state index contributed by atoms with van der Waals surface area (Å²) in [6, 6.07) is 19.2. The van der Waals surface area contributed by atoms with E-state index in [4.69, 9.17) is 0 Å². The standard InChI is InChI=1S/C21H11NO2S2/c23-19-13-8-4-5-9-14(13)20(24)15(19)10-18-22-21-17(25-18)11-16(26-21)12-6-2-1-3-7-12/h1-11H. The van der Waals surface area contributed by atoms with Crippen LogP contribution in [0.1, 0.15) is 25.7 Å². The third-order valence-electron chi connectivity index (χ3n) is 4.34. The van der Waals surface area contributed by atoms with Crippen molar-refractivity contribution in [3.63, 3.8) is 0 Å². The van der Waals surface area contributed by atoms with Crippen LogP contribution < -0.4 is 0 Å². The Hall–Kier alpha value is -2.89. The quantitative estimate of drug-likeness (QED) is 0.345. The molecule has 5 rings (SSSR count). The van der Waals surface area contributed by atoms with Crippen LogP contribution in [0.15, 0.2) is 66.2 Å². The summed E-state index contributed by atoms with van der Waals surface area (Å²) in [6.45, 7) is 0. The molecule has 0 bridgehead atoms. The number of nitrogens with zero attached hydrogens (tertiary/aromatic N) is 1. The third kappa shape index (κ3) is 2.36. The molecule has 0 amide bonds. The Morgan fingerprint density at radius 3 is 2.12 bits per heavy atom. The molecule has 5 heteroatoms. The predicted molar refractivity (Wildman–Crippen MR) is 106 cm³/mol. The zero-order valence-electron chi connectivity index (χ0n) is 13.4. The fraction of sp³-hybridized carbons (Fsp3) is 0. The maximum absolute atomic E-state index is 12.5. The average molecular weight is 373 g/mol. The van der Waals surface area contributed by atoms with Gasteiger partial charge < -0.3 is 0 Å². The van der Waals surface area contributed by atoms with Crippen molar-refractivity contribution in [1.82, 2.24) is 4.98 Å². The van der Waals surface area contributed by atoms with Crippen molar-refractivity contribution < 1.29 is 9.59 Å². The van der Waals surface area contributed by atoms with Gasteiger partial charge >= 0.3 is 0 Å². The van der Waals surface area contributed by atoms with E-state index in [0.717, 1.165) is 9.53 Å². The first-order valence-electron chi connectivity index (χ1n) is 8.06. The lowest BCUT2D eigenvalue weighted by atomic mass is 10.1. The Balaban J connectivity index is 1.53. The van der Waals surface area contributed by atoms with Crippen molar-refractivity contribution in [2.75, 3.05) is 0 Å². The Morgan fingerprint density at radius 2 is 1.46 bits per heavy atom. The van der Waals surface area contributed by atoms with Crippen molar-refractivity contribution in [2.45, 2.75) is 0 Å². The second kappa shape index (κ2) is 5.83. The van der Waals surface area contributed by atoms with Crippen LogP contribution in [0, 0.1) is 0 Å². The fourth-order valence-electron chi connectivity index (χ4n) is 3.08. The number of carbonyl (C=O) groups excluding carboxylic acids is 2. The Bertz CT molecular complexity index is 1150. The molecule has 0 aliphatic heterocycles. The molecule has 2 aromatic heterocycles. The SMILES string of the molecule is O=C1C(=Cc2nc3sc(-c4ccccc4)cc3s2)C(=O)c2ccccc21. The maximum atomic E-state index is 12.5. The number of carbonyl (C=O) groups is 2. The molecule has 0 N–H and O–H groups in total. The molecule has 0 spiro atoms. The lowest BCUT2D eigenvalue weighted by molar-refractivity contribution is 0.0990. The molecule has 0 saturated carbocycles. The minimum Gasteiger partial charge on any atom is -0.288 e. The van der Waals surface area contributed by atoms with Gasteiger partial charge in [-0.2, -0.15) is 0 Å². The normalized spacial score (nSPS) is 13.5. The summed E-state index contributed by atoms with van der Waals surface area (Å²) in [5.41, 5.74) is 2.33. The highest BCUT2D eigenvalue weighted by Crippen LogP contribution is 2.37. The molecule has 2 heterocycles. The zero-order valence-corrected chi connectivity index (χ0v) is 15.1. The molecule has 0 radical (unpaired) electrons. The zero-order chi connectivity index (χ0) is 17.7. The molecule has 4 aromatic rings. The molecule has 1 aliphatic rings. The number of allylic oxidation sites excluding steroid dienone is 1. The van der Waals surface area contributed by atoms with E-state index < -0.39 is 0 Å². The van der Waals surface area contributed by atoms with Gasteiger partial charge in [-0.05, 0) is 17.7 Å². The molecule has 1 aliphatic carbocycles. The van der Waals surface area contributed by atoms with Crippen LogP contribution in [0.3, 0.4) is 0 Å². The minimum absolute atomic E-state index is 0.205. The second-order valence-corrected chi connectivity index (χ2v) is 8.05. The molecule has 26 heavy (non-hydrogen) atoms. The lowest BCUT2D eigenvalue weighted by Gasteiger charge is -1.94. The van der Waals surface area contributed by atoms with E-state index in [2.05, 4.69) is 23.2 Å². The molecular formula is C21H11NO2S2. The number of thiazole rings is 1. The summed E-state index contributed by atoms with van der Waals surface area (Å²) >= 11 is 3.12. The van der Waals surface area contributed by atoms with Gasteiger partial charge in [0.15, 0.2) is 11.6 Å². The Morgan fingerprint density at radius 1 is 0.808 bits per heavy atom. The first kappa shape index (κ1) is 15.4. The number of hydrogen-bond donors (Lipinski definition) is 0. The number of hydrogen-bond acceptors (Lipinski definition) is 5. The van der Waals surface area contributed by atoms with E-state index in [1.165, 1.54) is 21.8 Å². The molecule has 0 atom stereocenters. The summed E-state index contributed by atoms with van der Waals surface area (Å²) < 4.78 is 1.07. The smallest absolute Gasteiger partial charge is 0.197 e. The second-order valence-electron chi connectivity index (χ2n) is 5.96. The van der Waals surface area contributed by atoms with Gasteiger partial charge in [-0.3, -0.25) is 9.59 Å². The fourth-order valence-corrected chi connectivity index (χ4v) is 5.26. The first-order valence-corrected chi connectivity index (χ1v) is 9.70. The van der Waals surface area contributed by atoms with Crippen LogP contribution >= 0.6 is 22.7 Å². The highest BCUT2D eigenvalue weighted by Gasteiger charge is 2.32. The van der Waals surface area contributed by atoms with Crippen LogP contribution in [0.2, 0.25) is 0 Å². The molecule has 0 fully saturated rings. The molecule has 2 aromatic carbocycles. The van der Waals surface area contributed by atoms with E-state index in [1.807, 2.05) is 18.2 Å². The molecule has 124 valence electrons. The van der Waals surface area contributed by atoms with E-state index in [9.17, 15) is 9.59 Å². The van der Waals surface area contributed by atoms with Gasteiger partial charge in [-0.15, -0.1) is 22.7 Å². The number of fused-ring (bicyclic) bond motifs is 2. The molecule has 0 unspecified atom stereocenters. The largest absolute Gasteiger partial charge is 0.288 e. The van der Waals surface area contributed by atoms with Crippen LogP contribution in [0.4, 0.5) is 0 Å². The summed E-state index contributed by atoms with van der Waals surface area (Å²) in [4.78, 5) is 31.7. The van der Waals surface area contributed by atoms with Gasteiger partial charge in [-0.25, -0.2) is 4.98 Å². The highest BCUT2D eigenvalue weighted by molar-refractivity contribution is 7.29. The number of benzene rings is 2. The molecular weight excluding hydrogens is 362 g/mol. The van der Waals surface area contributed by atoms with Crippen molar-refractivity contribution in [3.05, 3.63) is 82.4 Å². The number of rotatable bonds is 2. The van der Waals surface area contributed by atoms with Crippen LogP contribution in [-0.4, -0.2) is 16.6 Å². The molecule has 3 nitrogen and oxygen atoms in total. The highest BCUT2D eigenvalue weighted by atomic mass is 32.1. The monoisotopic (exact) mass is 373 g/mol. The number of Topliss-reactive ketones (excluding diaryl/α,β-unsaturated/α-hetero) is 2. The van der Waals surface area contributed by atoms with E-state index >= 15 is 0 Å². The van der Waals surface area contributed by atoms with Crippen LogP contribution in [-0.2, 0) is 0 Å². The third-order valence-corrected chi connectivity index (χ3v) is 6.49. The molecule has 0 saturated heterocycles. The van der Waals surface area contributed by atoms with Gasteiger partial charge in [0.05, 0.1) is 10.3 Å². The summed E-state index contributed by atoms with van der Waals surface area (Å²) in [5.74, 6) is -0.428. The van der Waals surface area contributed by atoms with Gasteiger partial charge in [0.25, 0.3) is 0 Å². The number of ketones is 2. The van der Waals surface area contributed by atoms with E-state index in [1.54, 1.807) is 41.7 Å². The Kier molecular flexibility index (Phi) is 3.45. The average Bonchev–Trinajstić information content (AvgIpc) is 3.30. The van der Waals surface area contributed by atoms with Crippen molar-refractivity contribution >= 4 is 49.8 Å². The van der Waals surface area contributed by atoms with Gasteiger partial charge in [0, 0.05) is 16.0 Å². The number of aromatic nitrogens is 1. The number of thiophene rings is 1. The maximum Gasteiger partial charge on any atom is 0.197 e. The lowest BCUT2D eigenvalue weighted by Crippen LogP contribution is -1.99. The Labute approximate surface area is 157 Å². The van der Waals surface area contributed by atoms with E-state index in [-0.39, 0.29) is 17.1 Å². The van der Waals surface area contributed by atoms with Gasteiger partial charge in [0.1, 0.15) is 9.84 Å².